The maximum absolute atomic E-state index is 13.8. The summed E-state index contributed by atoms with van der Waals surface area (Å²) in [6, 6.07) is 19.2. The number of amides is 2. The van der Waals surface area contributed by atoms with Gasteiger partial charge in [0.05, 0.1) is 4.47 Å². The smallest absolute Gasteiger partial charge is 0.261 e. The molecule has 39 heavy (non-hydrogen) atoms. The fourth-order valence-electron chi connectivity index (χ4n) is 4.75. The second-order valence-electron chi connectivity index (χ2n) is 9.67. The van der Waals surface area contributed by atoms with Crippen molar-refractivity contribution in [1.82, 2.24) is 10.2 Å². The number of carbonyl (C=O) groups excluding carboxylic acids is 2. The largest absolute Gasteiger partial charge is 0.483 e. The van der Waals surface area contributed by atoms with Crippen molar-refractivity contribution in [2.24, 2.45) is 0 Å². The van der Waals surface area contributed by atoms with Crippen LogP contribution in [0, 0.1) is 0 Å². The molecule has 1 N–H and O–H groups in total. The van der Waals surface area contributed by atoms with Gasteiger partial charge in [0.2, 0.25) is 5.91 Å². The van der Waals surface area contributed by atoms with E-state index in [0.29, 0.717) is 37.3 Å². The molecule has 0 aliphatic heterocycles. The van der Waals surface area contributed by atoms with E-state index < -0.39 is 6.04 Å². The maximum atomic E-state index is 13.8. The monoisotopic (exact) mass is 650 g/mol. The summed E-state index contributed by atoms with van der Waals surface area (Å²) < 4.78 is 6.50. The molecule has 0 saturated heterocycles. The lowest BCUT2D eigenvalue weighted by Gasteiger charge is -2.33. The Morgan fingerprint density at radius 3 is 2.33 bits per heavy atom. The average Bonchev–Trinajstić information content (AvgIpc) is 2.92. The highest BCUT2D eigenvalue weighted by atomic mass is 79.9. The minimum absolute atomic E-state index is 0.0990. The summed E-state index contributed by atoms with van der Waals surface area (Å²) in [5.41, 5.74) is 1.63. The zero-order valence-electron chi connectivity index (χ0n) is 21.3. The Hall–Kier alpha value is -2.25. The number of hydrogen-bond donors (Lipinski definition) is 1. The third kappa shape index (κ3) is 8.62. The Bertz CT molecular complexity index is 1290. The molecule has 1 fully saturated rings. The number of benzene rings is 3. The third-order valence-electron chi connectivity index (χ3n) is 6.82. The van der Waals surface area contributed by atoms with E-state index >= 15 is 0 Å². The van der Waals surface area contributed by atoms with Crippen molar-refractivity contribution in [1.29, 1.82) is 0 Å². The van der Waals surface area contributed by atoms with E-state index in [1.54, 1.807) is 41.3 Å². The lowest BCUT2D eigenvalue weighted by molar-refractivity contribution is -0.143. The van der Waals surface area contributed by atoms with Gasteiger partial charge in [0.1, 0.15) is 11.8 Å². The van der Waals surface area contributed by atoms with Crippen molar-refractivity contribution in [3.63, 3.8) is 0 Å². The van der Waals surface area contributed by atoms with Crippen LogP contribution in [0.15, 0.2) is 71.2 Å². The first-order chi connectivity index (χ1) is 18.8. The van der Waals surface area contributed by atoms with Crippen LogP contribution >= 0.6 is 50.7 Å². The van der Waals surface area contributed by atoms with Gasteiger partial charge in [-0.25, -0.2) is 0 Å². The third-order valence-corrected chi connectivity index (χ3v) is 8.27. The molecule has 0 aromatic heterocycles. The molecule has 2 amide bonds. The van der Waals surface area contributed by atoms with Gasteiger partial charge in [0.25, 0.3) is 5.91 Å². The van der Waals surface area contributed by atoms with Crippen LogP contribution in [0.2, 0.25) is 15.1 Å². The van der Waals surface area contributed by atoms with E-state index in [4.69, 9.17) is 39.5 Å². The summed E-state index contributed by atoms with van der Waals surface area (Å²) in [7, 11) is 0. The molecular formula is C30H30BrCl3N2O3. The van der Waals surface area contributed by atoms with Gasteiger partial charge in [0.15, 0.2) is 6.61 Å². The number of carbonyl (C=O) groups is 2. The van der Waals surface area contributed by atoms with Crippen LogP contribution in [0.5, 0.6) is 5.75 Å². The summed E-state index contributed by atoms with van der Waals surface area (Å²) >= 11 is 22.1. The van der Waals surface area contributed by atoms with E-state index in [2.05, 4.69) is 21.2 Å². The molecule has 0 unspecified atom stereocenters. The Balaban J connectivity index is 1.64. The molecule has 1 aliphatic carbocycles. The van der Waals surface area contributed by atoms with Crippen molar-refractivity contribution in [2.45, 2.75) is 57.2 Å². The zero-order chi connectivity index (χ0) is 27.8. The Morgan fingerprint density at radius 2 is 1.64 bits per heavy atom. The molecule has 4 rings (SSSR count). The minimum atomic E-state index is -0.772. The van der Waals surface area contributed by atoms with Crippen molar-refractivity contribution < 1.29 is 14.3 Å². The normalized spacial score (nSPS) is 14.5. The molecule has 1 saturated carbocycles. The van der Waals surface area contributed by atoms with Gasteiger partial charge < -0.3 is 15.0 Å². The molecule has 0 radical (unpaired) electrons. The van der Waals surface area contributed by atoms with Crippen LogP contribution in [-0.4, -0.2) is 35.4 Å². The maximum Gasteiger partial charge on any atom is 0.261 e. The average molecular weight is 653 g/mol. The molecule has 3 aromatic rings. The number of rotatable bonds is 10. The second kappa shape index (κ2) is 14.4. The molecule has 0 spiro atoms. The van der Waals surface area contributed by atoms with E-state index in [9.17, 15) is 9.59 Å². The molecule has 3 aromatic carbocycles. The number of ether oxygens (including phenoxy) is 1. The van der Waals surface area contributed by atoms with Gasteiger partial charge in [-0.1, -0.05) is 90.5 Å². The van der Waals surface area contributed by atoms with Gasteiger partial charge in [0, 0.05) is 34.1 Å². The molecule has 206 valence electrons. The Labute approximate surface area is 252 Å². The van der Waals surface area contributed by atoms with Gasteiger partial charge in [-0.3, -0.25) is 9.59 Å². The van der Waals surface area contributed by atoms with E-state index in [1.165, 1.54) is 6.42 Å². The summed E-state index contributed by atoms with van der Waals surface area (Å²) in [6.07, 6.45) is 5.57. The summed E-state index contributed by atoms with van der Waals surface area (Å²) in [5.74, 6) is -0.0528. The Morgan fingerprint density at radius 1 is 0.949 bits per heavy atom. The van der Waals surface area contributed by atoms with E-state index in [1.807, 2.05) is 30.3 Å². The van der Waals surface area contributed by atoms with E-state index in [0.717, 1.165) is 31.2 Å². The SMILES string of the molecule is O=C(NC1CCCCC1)[C@H](Cc1ccccc1)N(Cc1ccc(Cl)cc1Cl)C(=O)COc1ccc(Cl)cc1Br. The molecule has 0 bridgehead atoms. The van der Waals surface area contributed by atoms with Crippen molar-refractivity contribution in [2.75, 3.05) is 6.61 Å². The molecule has 9 heteroatoms. The molecule has 5 nitrogen and oxygen atoms in total. The highest BCUT2D eigenvalue weighted by Crippen LogP contribution is 2.29. The topological polar surface area (TPSA) is 58.6 Å². The van der Waals surface area contributed by atoms with Gasteiger partial charge >= 0.3 is 0 Å². The lowest BCUT2D eigenvalue weighted by atomic mass is 9.94. The number of nitrogens with zero attached hydrogens (tertiary/aromatic N) is 1. The van der Waals surface area contributed by atoms with Crippen molar-refractivity contribution in [3.05, 3.63) is 97.4 Å². The van der Waals surface area contributed by atoms with Crippen molar-refractivity contribution in [3.8, 4) is 5.75 Å². The van der Waals surface area contributed by atoms with Crippen molar-refractivity contribution >= 4 is 62.5 Å². The van der Waals surface area contributed by atoms with Crippen LogP contribution in [-0.2, 0) is 22.6 Å². The molecule has 1 aliphatic rings. The van der Waals surface area contributed by atoms with E-state index in [-0.39, 0.29) is 31.0 Å². The predicted octanol–water partition coefficient (Wildman–Crippen LogP) is 7.88. The van der Waals surface area contributed by atoms with Crippen LogP contribution in [0.25, 0.3) is 0 Å². The molecule has 1 atom stereocenters. The minimum Gasteiger partial charge on any atom is -0.483 e. The predicted molar refractivity (Wildman–Crippen MR) is 161 cm³/mol. The van der Waals surface area contributed by atoms with Crippen LogP contribution in [0.4, 0.5) is 0 Å². The van der Waals surface area contributed by atoms with Gasteiger partial charge in [-0.15, -0.1) is 0 Å². The Kier molecular flexibility index (Phi) is 11.0. The second-order valence-corrected chi connectivity index (χ2v) is 11.8. The number of halogens is 4. The number of nitrogens with one attached hydrogen (secondary N) is 1. The zero-order valence-corrected chi connectivity index (χ0v) is 25.2. The highest BCUT2D eigenvalue weighted by molar-refractivity contribution is 9.10. The van der Waals surface area contributed by atoms with Crippen LogP contribution < -0.4 is 10.1 Å². The lowest BCUT2D eigenvalue weighted by Crippen LogP contribution is -2.53. The quantitative estimate of drug-likeness (QED) is 0.243. The summed E-state index contributed by atoms with van der Waals surface area (Å²) in [6.45, 7) is -0.150. The summed E-state index contributed by atoms with van der Waals surface area (Å²) in [4.78, 5) is 29.2. The molecular weight excluding hydrogens is 623 g/mol. The van der Waals surface area contributed by atoms with Crippen LogP contribution in [0.3, 0.4) is 0 Å². The first kappa shape index (κ1) is 29.7. The fourth-order valence-corrected chi connectivity index (χ4v) is 6.01. The standard InChI is InChI=1S/C30H30BrCl3N2O3/c31-25-16-22(32)13-14-28(25)39-19-29(37)36(18-21-11-12-23(33)17-26(21)34)27(15-20-7-3-1-4-8-20)30(38)35-24-9-5-2-6-10-24/h1,3-4,7-8,11-14,16-17,24,27H,2,5-6,9-10,15,18-19H2,(H,35,38)/t27-/m0/s1. The number of hydrogen-bond acceptors (Lipinski definition) is 3. The summed E-state index contributed by atoms with van der Waals surface area (Å²) in [5, 5.41) is 4.68. The van der Waals surface area contributed by atoms with Gasteiger partial charge in [-0.05, 0) is 70.2 Å². The van der Waals surface area contributed by atoms with Crippen LogP contribution in [0.1, 0.15) is 43.2 Å². The first-order valence-electron chi connectivity index (χ1n) is 13.0. The first-order valence-corrected chi connectivity index (χ1v) is 14.9. The fraction of sp³-hybridized carbons (Fsp3) is 0.333. The molecule has 0 heterocycles. The highest BCUT2D eigenvalue weighted by Gasteiger charge is 2.32. The van der Waals surface area contributed by atoms with Gasteiger partial charge in [-0.2, -0.15) is 0 Å².